The lowest BCUT2D eigenvalue weighted by Crippen LogP contribution is -2.33. The second-order valence-electron chi connectivity index (χ2n) is 7.29. The molecule has 0 unspecified atom stereocenters. The Bertz CT molecular complexity index is 1440. The molecule has 1 aliphatic rings. The van der Waals surface area contributed by atoms with E-state index < -0.39 is 36.0 Å². The topological polar surface area (TPSA) is 91.4 Å². The summed E-state index contributed by atoms with van der Waals surface area (Å²) in [6.45, 7) is -0.567. The lowest BCUT2D eigenvalue weighted by Gasteiger charge is -2.18. The van der Waals surface area contributed by atoms with Gasteiger partial charge in [-0.2, -0.15) is 13.2 Å². The molecule has 4 aromatic rings. The van der Waals surface area contributed by atoms with Crippen LogP contribution in [0.4, 0.5) is 33.7 Å². The van der Waals surface area contributed by atoms with Crippen molar-refractivity contribution in [3.05, 3.63) is 72.6 Å². The molecule has 3 amide bonds. The summed E-state index contributed by atoms with van der Waals surface area (Å²) in [5, 5.41) is 0.669. The fourth-order valence-corrected chi connectivity index (χ4v) is 3.55. The van der Waals surface area contributed by atoms with Crippen molar-refractivity contribution in [2.75, 3.05) is 16.3 Å². The number of ether oxygens (including phenoxy) is 1. The van der Waals surface area contributed by atoms with E-state index in [4.69, 9.17) is 4.74 Å². The van der Waals surface area contributed by atoms with E-state index in [1.54, 1.807) is 18.3 Å². The highest BCUT2D eigenvalue weighted by Crippen LogP contribution is 2.35. The zero-order chi connectivity index (χ0) is 24.0. The number of rotatable bonds is 4. The number of hydrogen-bond acceptors (Lipinski definition) is 5. The van der Waals surface area contributed by atoms with Gasteiger partial charge in [-0.3, -0.25) is 14.7 Å². The maximum absolute atomic E-state index is 14.9. The number of carbonyl (C=O) groups excluding carboxylic acids is 2. The van der Waals surface area contributed by atoms with Crippen molar-refractivity contribution in [1.82, 2.24) is 15.0 Å². The van der Waals surface area contributed by atoms with E-state index in [-0.39, 0.29) is 17.1 Å². The third-order valence-corrected chi connectivity index (χ3v) is 5.14. The second kappa shape index (κ2) is 7.83. The molecule has 0 atom stereocenters. The predicted octanol–water partition coefficient (Wildman–Crippen LogP) is 4.88. The number of urea groups is 1. The molecule has 1 fully saturated rings. The lowest BCUT2D eigenvalue weighted by molar-refractivity contribution is -0.137. The number of imide groups is 1. The summed E-state index contributed by atoms with van der Waals surface area (Å²) in [5.74, 6) is -1.22. The summed E-state index contributed by atoms with van der Waals surface area (Å²) in [6.07, 6.45) is 0.125. The molecule has 34 heavy (non-hydrogen) atoms. The quantitative estimate of drug-likeness (QED) is 0.338. The van der Waals surface area contributed by atoms with Crippen LogP contribution < -0.4 is 14.5 Å². The van der Waals surface area contributed by atoms with Gasteiger partial charge in [0, 0.05) is 24.7 Å². The summed E-state index contributed by atoms with van der Waals surface area (Å²) >= 11 is 0. The third kappa shape index (κ3) is 3.68. The van der Waals surface area contributed by atoms with Crippen LogP contribution in [0.3, 0.4) is 0 Å². The van der Waals surface area contributed by atoms with Crippen LogP contribution in [0.15, 0.2) is 61.2 Å². The summed E-state index contributed by atoms with van der Waals surface area (Å²) in [4.78, 5) is 37.3. The van der Waals surface area contributed by atoms with E-state index in [0.717, 1.165) is 17.2 Å². The van der Waals surface area contributed by atoms with E-state index in [2.05, 4.69) is 15.0 Å². The number of anilines is 2. The van der Waals surface area contributed by atoms with Crippen molar-refractivity contribution in [3.63, 3.8) is 0 Å². The van der Waals surface area contributed by atoms with Gasteiger partial charge in [-0.15, -0.1) is 0 Å². The van der Waals surface area contributed by atoms with Crippen LogP contribution in [0.1, 0.15) is 5.56 Å². The van der Waals surface area contributed by atoms with Gasteiger partial charge < -0.3 is 9.72 Å². The summed E-state index contributed by atoms with van der Waals surface area (Å²) in [5.41, 5.74) is -1.09. The van der Waals surface area contributed by atoms with Gasteiger partial charge in [-0.1, -0.05) is 0 Å². The van der Waals surface area contributed by atoms with Crippen LogP contribution in [0.2, 0.25) is 0 Å². The minimum Gasteiger partial charge on any atom is -0.456 e. The Labute approximate surface area is 188 Å². The highest BCUT2D eigenvalue weighted by Gasteiger charge is 2.40. The number of pyridine rings is 2. The number of carbonyl (C=O) groups is 2. The number of H-pyrrole nitrogens is 1. The number of alkyl halides is 3. The van der Waals surface area contributed by atoms with Gasteiger partial charge in [0.2, 0.25) is 0 Å². The van der Waals surface area contributed by atoms with Gasteiger partial charge in [-0.25, -0.2) is 19.1 Å². The van der Waals surface area contributed by atoms with E-state index >= 15 is 0 Å². The van der Waals surface area contributed by atoms with Gasteiger partial charge in [0.05, 0.1) is 28.5 Å². The number of aromatic nitrogens is 3. The largest absolute Gasteiger partial charge is 0.456 e. The Kier molecular flexibility index (Phi) is 4.92. The Morgan fingerprint density at radius 1 is 1.06 bits per heavy atom. The van der Waals surface area contributed by atoms with Gasteiger partial charge in [-0.05, 0) is 30.3 Å². The molecule has 1 aromatic carbocycles. The monoisotopic (exact) mass is 471 g/mol. The average Bonchev–Trinajstić information content (AvgIpc) is 3.39. The Hall–Kier alpha value is -4.48. The van der Waals surface area contributed by atoms with Crippen LogP contribution in [0.25, 0.3) is 11.0 Å². The highest BCUT2D eigenvalue weighted by molar-refractivity contribution is 6.27. The molecule has 4 heterocycles. The van der Waals surface area contributed by atoms with Gasteiger partial charge in [0.25, 0.3) is 5.91 Å². The van der Waals surface area contributed by atoms with Crippen molar-refractivity contribution >= 4 is 34.3 Å². The maximum atomic E-state index is 14.9. The molecule has 172 valence electrons. The molecule has 0 bridgehead atoms. The zero-order valence-corrected chi connectivity index (χ0v) is 17.0. The highest BCUT2D eigenvalue weighted by atomic mass is 19.4. The normalized spacial score (nSPS) is 14.4. The van der Waals surface area contributed by atoms with Crippen molar-refractivity contribution in [2.45, 2.75) is 6.18 Å². The van der Waals surface area contributed by atoms with Gasteiger partial charge in [0.15, 0.2) is 5.82 Å². The van der Waals surface area contributed by atoms with E-state index in [1.807, 2.05) is 0 Å². The van der Waals surface area contributed by atoms with E-state index in [0.29, 0.717) is 33.9 Å². The first-order chi connectivity index (χ1) is 16.2. The minimum absolute atomic E-state index is 0.105. The molecular formula is C22H13F4N5O3. The number of hydrogen-bond donors (Lipinski definition) is 1. The van der Waals surface area contributed by atoms with Crippen LogP contribution in [0, 0.1) is 5.82 Å². The second-order valence-corrected chi connectivity index (χ2v) is 7.29. The summed E-state index contributed by atoms with van der Waals surface area (Å²) < 4.78 is 59.6. The van der Waals surface area contributed by atoms with E-state index in [1.165, 1.54) is 18.3 Å². The molecule has 1 N–H and O–H groups in total. The van der Waals surface area contributed by atoms with Crippen molar-refractivity contribution in [1.29, 1.82) is 0 Å². The van der Waals surface area contributed by atoms with Crippen molar-refractivity contribution in [2.24, 2.45) is 0 Å². The van der Waals surface area contributed by atoms with Crippen LogP contribution >= 0.6 is 0 Å². The van der Waals surface area contributed by atoms with Crippen molar-refractivity contribution < 1.29 is 31.9 Å². The molecule has 5 rings (SSSR count). The number of benzene rings is 1. The zero-order valence-electron chi connectivity index (χ0n) is 17.0. The maximum Gasteiger partial charge on any atom is 0.417 e. The van der Waals surface area contributed by atoms with Crippen LogP contribution in [-0.4, -0.2) is 33.4 Å². The molecule has 0 saturated carbocycles. The van der Waals surface area contributed by atoms with Crippen LogP contribution in [0.5, 0.6) is 11.5 Å². The molecule has 1 aliphatic heterocycles. The molecule has 0 radical (unpaired) electrons. The summed E-state index contributed by atoms with van der Waals surface area (Å²) in [6, 6.07) is 6.59. The molecule has 1 saturated heterocycles. The smallest absolute Gasteiger partial charge is 0.417 e. The van der Waals surface area contributed by atoms with Crippen LogP contribution in [-0.2, 0) is 11.0 Å². The van der Waals surface area contributed by atoms with Crippen molar-refractivity contribution in [3.8, 4) is 11.5 Å². The van der Waals surface area contributed by atoms with E-state index in [9.17, 15) is 27.2 Å². The standard InChI is InChI=1S/C22H13F4N5O3/c23-16-8-14(34-18-4-6-29-20-15(18)3-5-28-20)1-2-17(16)31-19(32)11-30(21(31)33)13-7-12(9-27-10-13)22(24,25)26/h1-10H,11H2,(H,28,29). The molecular weight excluding hydrogens is 458 g/mol. The molecule has 3 aromatic heterocycles. The molecule has 0 aliphatic carbocycles. The van der Waals surface area contributed by atoms with Gasteiger partial charge in [0.1, 0.15) is 23.7 Å². The SMILES string of the molecule is O=C1CN(c2cncc(C(F)(F)F)c2)C(=O)N1c1ccc(Oc2ccnc3[nH]ccc23)cc1F. The fourth-order valence-electron chi connectivity index (χ4n) is 3.55. The molecule has 12 heteroatoms. The number of nitrogens with zero attached hydrogens (tertiary/aromatic N) is 4. The number of amides is 3. The Morgan fingerprint density at radius 3 is 2.65 bits per heavy atom. The lowest BCUT2D eigenvalue weighted by atomic mass is 10.2. The first-order valence-electron chi connectivity index (χ1n) is 9.78. The van der Waals surface area contributed by atoms with Gasteiger partial charge >= 0.3 is 12.2 Å². The average molecular weight is 471 g/mol. The first kappa shape index (κ1) is 21.4. The predicted molar refractivity (Wildman–Crippen MR) is 112 cm³/mol. The third-order valence-electron chi connectivity index (χ3n) is 5.14. The minimum atomic E-state index is -4.68. The molecule has 8 nitrogen and oxygen atoms in total. The fraction of sp³-hybridized carbons (Fsp3) is 0.0909. The molecule has 0 spiro atoms. The Morgan fingerprint density at radius 2 is 1.88 bits per heavy atom. The summed E-state index contributed by atoms with van der Waals surface area (Å²) in [7, 11) is 0. The number of nitrogens with one attached hydrogen (secondary N) is 1. The first-order valence-corrected chi connectivity index (χ1v) is 9.78. The number of fused-ring (bicyclic) bond motifs is 1. The number of aromatic amines is 1. The Balaban J connectivity index is 1.41. The number of halogens is 4.